The van der Waals surface area contributed by atoms with Gasteiger partial charge in [-0.15, -0.1) is 0 Å². The molecule has 0 aromatic heterocycles. The topological polar surface area (TPSA) is 46.5 Å². The van der Waals surface area contributed by atoms with Crippen molar-refractivity contribution in [3.8, 4) is 5.75 Å². The zero-order chi connectivity index (χ0) is 14.5. The van der Waals surface area contributed by atoms with Crippen molar-refractivity contribution in [3.63, 3.8) is 0 Å². The van der Waals surface area contributed by atoms with Gasteiger partial charge in [0.15, 0.2) is 0 Å². The Morgan fingerprint density at radius 2 is 1.75 bits per heavy atom. The molecule has 1 N–H and O–H groups in total. The highest BCUT2D eigenvalue weighted by atomic mass is 19.1. The molecule has 0 radical (unpaired) electrons. The molecule has 3 nitrogen and oxygen atoms in total. The minimum absolute atomic E-state index is 0.00399. The maximum Gasteiger partial charge on any atom is 0.314 e. The van der Waals surface area contributed by atoms with Crippen LogP contribution in [0.4, 0.5) is 4.39 Å². The van der Waals surface area contributed by atoms with Gasteiger partial charge in [0.2, 0.25) is 0 Å². The van der Waals surface area contributed by atoms with E-state index < -0.39 is 17.7 Å². The third-order valence-electron chi connectivity index (χ3n) is 3.01. The molecule has 0 saturated carbocycles. The zero-order valence-electron chi connectivity index (χ0n) is 11.0. The first-order valence-corrected chi connectivity index (χ1v) is 6.24. The third kappa shape index (κ3) is 3.57. The Balaban J connectivity index is 2.08. The first kappa shape index (κ1) is 14.1. The minimum Gasteiger partial charge on any atom is -0.492 e. The fourth-order valence-corrected chi connectivity index (χ4v) is 1.82. The number of carboxylic acids is 1. The number of aryl methyl sites for hydroxylation is 1. The normalized spacial score (nSPS) is 11.9. The number of carbonyl (C=O) groups is 1. The molecule has 20 heavy (non-hydrogen) atoms. The molecule has 0 aliphatic carbocycles. The number of benzene rings is 2. The van der Waals surface area contributed by atoms with E-state index >= 15 is 0 Å². The summed E-state index contributed by atoms with van der Waals surface area (Å²) in [5, 5.41) is 9.24. The second kappa shape index (κ2) is 6.19. The highest BCUT2D eigenvalue weighted by Crippen LogP contribution is 2.19. The lowest BCUT2D eigenvalue weighted by molar-refractivity contribution is -0.139. The summed E-state index contributed by atoms with van der Waals surface area (Å²) < 4.78 is 18.4. The average molecular weight is 274 g/mol. The van der Waals surface area contributed by atoms with Crippen LogP contribution in [-0.2, 0) is 4.79 Å². The number of aliphatic carboxylic acids is 1. The van der Waals surface area contributed by atoms with Gasteiger partial charge in [-0.05, 0) is 36.8 Å². The van der Waals surface area contributed by atoms with Crippen LogP contribution in [0.15, 0.2) is 48.5 Å². The van der Waals surface area contributed by atoms with Crippen LogP contribution in [-0.4, -0.2) is 17.7 Å². The van der Waals surface area contributed by atoms with Crippen molar-refractivity contribution in [2.24, 2.45) is 0 Å². The van der Waals surface area contributed by atoms with Gasteiger partial charge in [-0.25, -0.2) is 4.39 Å². The van der Waals surface area contributed by atoms with Gasteiger partial charge in [-0.2, -0.15) is 0 Å². The molecular weight excluding hydrogens is 259 g/mol. The molecule has 4 heteroatoms. The summed E-state index contributed by atoms with van der Waals surface area (Å²) in [6.45, 7) is 1.96. The average Bonchev–Trinajstić information content (AvgIpc) is 2.43. The summed E-state index contributed by atoms with van der Waals surface area (Å²) in [5.41, 5.74) is 1.62. The third-order valence-corrected chi connectivity index (χ3v) is 3.01. The molecule has 1 unspecified atom stereocenters. The number of hydrogen-bond donors (Lipinski definition) is 1. The predicted molar refractivity (Wildman–Crippen MR) is 73.5 cm³/mol. The Morgan fingerprint density at radius 3 is 2.30 bits per heavy atom. The molecule has 0 aliphatic rings. The van der Waals surface area contributed by atoms with Crippen molar-refractivity contribution < 1.29 is 19.0 Å². The lowest BCUT2D eigenvalue weighted by atomic mass is 10.0. The lowest BCUT2D eigenvalue weighted by Gasteiger charge is -2.14. The molecule has 0 amide bonds. The van der Waals surface area contributed by atoms with E-state index in [4.69, 9.17) is 4.74 Å². The van der Waals surface area contributed by atoms with E-state index in [1.807, 2.05) is 19.1 Å². The van der Waals surface area contributed by atoms with Crippen LogP contribution in [0, 0.1) is 12.7 Å². The van der Waals surface area contributed by atoms with Gasteiger partial charge < -0.3 is 9.84 Å². The zero-order valence-corrected chi connectivity index (χ0v) is 11.0. The Hall–Kier alpha value is -2.36. The van der Waals surface area contributed by atoms with E-state index in [1.165, 1.54) is 24.3 Å². The minimum atomic E-state index is -0.997. The van der Waals surface area contributed by atoms with Crippen molar-refractivity contribution in [2.75, 3.05) is 6.61 Å². The van der Waals surface area contributed by atoms with Crippen LogP contribution in [0.2, 0.25) is 0 Å². The van der Waals surface area contributed by atoms with Gasteiger partial charge in [-0.1, -0.05) is 29.8 Å². The Bertz CT molecular complexity index is 576. The molecule has 0 bridgehead atoms. The molecular formula is C16H15FO3. The fourth-order valence-electron chi connectivity index (χ4n) is 1.82. The lowest BCUT2D eigenvalue weighted by Crippen LogP contribution is -2.19. The highest BCUT2D eigenvalue weighted by Gasteiger charge is 2.20. The van der Waals surface area contributed by atoms with E-state index in [-0.39, 0.29) is 6.61 Å². The summed E-state index contributed by atoms with van der Waals surface area (Å²) in [5.74, 6) is -1.60. The summed E-state index contributed by atoms with van der Waals surface area (Å²) in [6, 6.07) is 12.8. The molecule has 0 fully saturated rings. The van der Waals surface area contributed by atoms with Crippen LogP contribution < -0.4 is 4.74 Å². The quantitative estimate of drug-likeness (QED) is 0.909. The second-order valence-corrected chi connectivity index (χ2v) is 4.57. The van der Waals surface area contributed by atoms with Crippen LogP contribution in [0.3, 0.4) is 0 Å². The van der Waals surface area contributed by atoms with Crippen molar-refractivity contribution in [3.05, 3.63) is 65.5 Å². The van der Waals surface area contributed by atoms with Gasteiger partial charge in [0.05, 0.1) is 0 Å². The van der Waals surface area contributed by atoms with E-state index in [2.05, 4.69) is 0 Å². The fraction of sp³-hybridized carbons (Fsp3) is 0.188. The van der Waals surface area contributed by atoms with Gasteiger partial charge in [0.25, 0.3) is 0 Å². The van der Waals surface area contributed by atoms with E-state index in [0.29, 0.717) is 11.3 Å². The molecule has 0 heterocycles. The van der Waals surface area contributed by atoms with Crippen LogP contribution in [0.5, 0.6) is 5.75 Å². The first-order valence-electron chi connectivity index (χ1n) is 6.24. The SMILES string of the molecule is Cc1ccc(OCC(C(=O)O)c2ccc(F)cc2)cc1. The molecule has 2 rings (SSSR count). The van der Waals surface area contributed by atoms with Gasteiger partial charge in [-0.3, -0.25) is 4.79 Å². The van der Waals surface area contributed by atoms with Gasteiger partial charge >= 0.3 is 5.97 Å². The standard InChI is InChI=1S/C16H15FO3/c1-11-2-8-14(9-3-11)20-10-15(16(18)19)12-4-6-13(17)7-5-12/h2-9,15H,10H2,1H3,(H,18,19). The van der Waals surface area contributed by atoms with Crippen LogP contribution in [0.1, 0.15) is 17.0 Å². The largest absolute Gasteiger partial charge is 0.492 e. The summed E-state index contributed by atoms with van der Waals surface area (Å²) in [7, 11) is 0. The van der Waals surface area contributed by atoms with Crippen LogP contribution >= 0.6 is 0 Å². The maximum absolute atomic E-state index is 12.9. The van der Waals surface area contributed by atoms with E-state index in [1.54, 1.807) is 12.1 Å². The maximum atomic E-state index is 12.9. The molecule has 0 saturated heterocycles. The Kier molecular flexibility index (Phi) is 4.35. The number of carboxylic acid groups (broad SMARTS) is 1. The molecule has 2 aromatic rings. The number of rotatable bonds is 5. The molecule has 104 valence electrons. The van der Waals surface area contributed by atoms with Crippen molar-refractivity contribution >= 4 is 5.97 Å². The molecule has 1 atom stereocenters. The van der Waals surface area contributed by atoms with Crippen LogP contribution in [0.25, 0.3) is 0 Å². The van der Waals surface area contributed by atoms with Crippen molar-refractivity contribution in [2.45, 2.75) is 12.8 Å². The summed E-state index contributed by atoms with van der Waals surface area (Å²) >= 11 is 0. The highest BCUT2D eigenvalue weighted by molar-refractivity contribution is 5.76. The predicted octanol–water partition coefficient (Wildman–Crippen LogP) is 3.38. The monoisotopic (exact) mass is 274 g/mol. The van der Waals surface area contributed by atoms with Gasteiger partial charge in [0, 0.05) is 0 Å². The smallest absolute Gasteiger partial charge is 0.314 e. The van der Waals surface area contributed by atoms with Crippen molar-refractivity contribution in [1.29, 1.82) is 0 Å². The number of ether oxygens (including phenoxy) is 1. The number of halogens is 1. The summed E-state index contributed by atoms with van der Waals surface area (Å²) in [6.07, 6.45) is 0. The molecule has 0 spiro atoms. The Labute approximate surface area is 116 Å². The molecule has 2 aromatic carbocycles. The summed E-state index contributed by atoms with van der Waals surface area (Å²) in [4.78, 5) is 11.3. The Morgan fingerprint density at radius 1 is 1.15 bits per heavy atom. The van der Waals surface area contributed by atoms with E-state index in [9.17, 15) is 14.3 Å². The second-order valence-electron chi connectivity index (χ2n) is 4.57. The molecule has 0 aliphatic heterocycles. The first-order chi connectivity index (χ1) is 9.56. The number of hydrogen-bond acceptors (Lipinski definition) is 2. The van der Waals surface area contributed by atoms with E-state index in [0.717, 1.165) is 5.56 Å². The van der Waals surface area contributed by atoms with Crippen molar-refractivity contribution in [1.82, 2.24) is 0 Å². The van der Waals surface area contributed by atoms with Gasteiger partial charge in [0.1, 0.15) is 24.1 Å².